The van der Waals surface area contributed by atoms with Crippen molar-refractivity contribution in [1.82, 2.24) is 9.78 Å². The third-order valence-electron chi connectivity index (χ3n) is 2.27. The minimum Gasteiger partial charge on any atom is -0.382 e. The SMILES string of the molecule is Cc1cc([C@@H](O)c2ccsc2)nn1C. The molecule has 0 aliphatic heterocycles. The summed E-state index contributed by atoms with van der Waals surface area (Å²) < 4.78 is 1.77. The Bertz CT molecular complexity index is 400. The monoisotopic (exact) mass is 208 g/mol. The number of thiophene rings is 1. The number of aromatic nitrogens is 2. The van der Waals surface area contributed by atoms with Crippen LogP contribution in [0.1, 0.15) is 23.1 Å². The van der Waals surface area contributed by atoms with Gasteiger partial charge < -0.3 is 5.11 Å². The second-order valence-electron chi connectivity index (χ2n) is 3.29. The number of hydrogen-bond donors (Lipinski definition) is 1. The first-order valence-corrected chi connectivity index (χ1v) is 5.33. The molecule has 0 aliphatic carbocycles. The molecule has 1 atom stereocenters. The zero-order valence-corrected chi connectivity index (χ0v) is 8.95. The van der Waals surface area contributed by atoms with Gasteiger partial charge in [-0.25, -0.2) is 0 Å². The molecule has 0 saturated heterocycles. The molecule has 0 radical (unpaired) electrons. The molecular weight excluding hydrogens is 196 g/mol. The predicted octanol–water partition coefficient (Wildman–Crippen LogP) is 1.87. The molecule has 2 aromatic heterocycles. The summed E-state index contributed by atoms with van der Waals surface area (Å²) in [6.07, 6.45) is -0.596. The number of nitrogens with zero attached hydrogens (tertiary/aromatic N) is 2. The maximum atomic E-state index is 9.95. The van der Waals surface area contributed by atoms with Gasteiger partial charge in [0.2, 0.25) is 0 Å². The highest BCUT2D eigenvalue weighted by Gasteiger charge is 2.14. The molecule has 1 N–H and O–H groups in total. The molecule has 0 amide bonds. The molecule has 0 bridgehead atoms. The van der Waals surface area contributed by atoms with Gasteiger partial charge in [0, 0.05) is 12.7 Å². The van der Waals surface area contributed by atoms with Crippen LogP contribution in [0.5, 0.6) is 0 Å². The van der Waals surface area contributed by atoms with Crippen LogP contribution in [0.4, 0.5) is 0 Å². The fourth-order valence-electron chi connectivity index (χ4n) is 1.32. The fraction of sp³-hybridized carbons (Fsp3) is 0.300. The van der Waals surface area contributed by atoms with E-state index in [9.17, 15) is 5.11 Å². The Balaban J connectivity index is 2.32. The average molecular weight is 208 g/mol. The minimum absolute atomic E-state index is 0.596. The molecule has 74 valence electrons. The van der Waals surface area contributed by atoms with Gasteiger partial charge in [-0.3, -0.25) is 4.68 Å². The maximum absolute atomic E-state index is 9.95. The summed E-state index contributed by atoms with van der Waals surface area (Å²) in [4.78, 5) is 0. The molecule has 3 nitrogen and oxygen atoms in total. The van der Waals surface area contributed by atoms with Crippen molar-refractivity contribution in [2.75, 3.05) is 0 Å². The first kappa shape index (κ1) is 9.43. The Hall–Kier alpha value is -1.13. The van der Waals surface area contributed by atoms with Crippen LogP contribution in [0.15, 0.2) is 22.9 Å². The van der Waals surface area contributed by atoms with E-state index in [-0.39, 0.29) is 0 Å². The lowest BCUT2D eigenvalue weighted by molar-refractivity contribution is 0.215. The van der Waals surface area contributed by atoms with Gasteiger partial charge in [0.1, 0.15) is 6.10 Å². The van der Waals surface area contributed by atoms with Gasteiger partial charge in [0.05, 0.1) is 5.69 Å². The van der Waals surface area contributed by atoms with Crippen molar-refractivity contribution in [1.29, 1.82) is 0 Å². The van der Waals surface area contributed by atoms with Gasteiger partial charge in [-0.1, -0.05) is 0 Å². The molecule has 0 fully saturated rings. The normalized spacial score (nSPS) is 13.1. The third kappa shape index (κ3) is 1.58. The van der Waals surface area contributed by atoms with E-state index in [0.717, 1.165) is 11.3 Å². The third-order valence-corrected chi connectivity index (χ3v) is 2.97. The van der Waals surface area contributed by atoms with Gasteiger partial charge in [-0.05, 0) is 35.4 Å². The van der Waals surface area contributed by atoms with Crippen LogP contribution < -0.4 is 0 Å². The molecular formula is C10H12N2OS. The summed E-state index contributed by atoms with van der Waals surface area (Å²) in [5, 5.41) is 18.1. The lowest BCUT2D eigenvalue weighted by Gasteiger charge is -2.03. The first-order valence-electron chi connectivity index (χ1n) is 4.39. The van der Waals surface area contributed by atoms with E-state index in [1.165, 1.54) is 0 Å². The van der Waals surface area contributed by atoms with E-state index >= 15 is 0 Å². The Morgan fingerprint density at radius 1 is 1.57 bits per heavy atom. The molecule has 0 aliphatic rings. The Kier molecular flexibility index (Phi) is 2.39. The summed E-state index contributed by atoms with van der Waals surface area (Å²) in [6.45, 7) is 1.97. The molecule has 2 rings (SSSR count). The number of aliphatic hydroxyl groups excluding tert-OH is 1. The van der Waals surface area contributed by atoms with E-state index in [4.69, 9.17) is 0 Å². The zero-order valence-electron chi connectivity index (χ0n) is 8.14. The molecule has 4 heteroatoms. The first-order chi connectivity index (χ1) is 6.68. The van der Waals surface area contributed by atoms with Crippen molar-refractivity contribution in [2.45, 2.75) is 13.0 Å². The molecule has 0 aromatic carbocycles. The Morgan fingerprint density at radius 3 is 2.86 bits per heavy atom. The van der Waals surface area contributed by atoms with Crippen LogP contribution >= 0.6 is 11.3 Å². The van der Waals surface area contributed by atoms with Crippen molar-refractivity contribution in [3.63, 3.8) is 0 Å². The molecule has 2 aromatic rings. The number of rotatable bonds is 2. The van der Waals surface area contributed by atoms with Crippen LogP contribution in [0.2, 0.25) is 0 Å². The minimum atomic E-state index is -0.596. The Labute approximate surface area is 86.6 Å². The standard InChI is InChI=1S/C10H12N2OS/c1-7-5-9(11-12(7)2)10(13)8-3-4-14-6-8/h3-6,10,13H,1-2H3/t10-/m0/s1. The van der Waals surface area contributed by atoms with Crippen molar-refractivity contribution < 1.29 is 5.11 Å². The second kappa shape index (κ2) is 3.55. The van der Waals surface area contributed by atoms with Crippen LogP contribution in [-0.4, -0.2) is 14.9 Å². The van der Waals surface area contributed by atoms with E-state index in [1.54, 1.807) is 16.0 Å². The Morgan fingerprint density at radius 2 is 2.36 bits per heavy atom. The van der Waals surface area contributed by atoms with Crippen molar-refractivity contribution in [3.05, 3.63) is 39.8 Å². The van der Waals surface area contributed by atoms with E-state index in [2.05, 4.69) is 5.10 Å². The highest BCUT2D eigenvalue weighted by Crippen LogP contribution is 2.22. The van der Waals surface area contributed by atoms with Crippen LogP contribution in [0, 0.1) is 6.92 Å². The van der Waals surface area contributed by atoms with E-state index < -0.39 is 6.10 Å². The number of aryl methyl sites for hydroxylation is 2. The van der Waals surface area contributed by atoms with Crippen LogP contribution in [0.3, 0.4) is 0 Å². The highest BCUT2D eigenvalue weighted by atomic mass is 32.1. The van der Waals surface area contributed by atoms with Crippen molar-refractivity contribution in [2.24, 2.45) is 7.05 Å². The van der Waals surface area contributed by atoms with Gasteiger partial charge in [0.25, 0.3) is 0 Å². The number of hydrogen-bond acceptors (Lipinski definition) is 3. The summed E-state index contributed by atoms with van der Waals surface area (Å²) in [5.41, 5.74) is 2.67. The average Bonchev–Trinajstić information content (AvgIpc) is 2.76. The molecule has 0 saturated carbocycles. The van der Waals surface area contributed by atoms with Gasteiger partial charge in [0.15, 0.2) is 0 Å². The van der Waals surface area contributed by atoms with Crippen LogP contribution in [-0.2, 0) is 7.05 Å². The van der Waals surface area contributed by atoms with E-state index in [1.807, 2.05) is 36.9 Å². The molecule has 0 unspecified atom stereocenters. The smallest absolute Gasteiger partial charge is 0.124 e. The summed E-state index contributed by atoms with van der Waals surface area (Å²) >= 11 is 1.58. The summed E-state index contributed by atoms with van der Waals surface area (Å²) in [6, 6.07) is 3.82. The van der Waals surface area contributed by atoms with E-state index in [0.29, 0.717) is 5.69 Å². The lowest BCUT2D eigenvalue weighted by Crippen LogP contribution is -2.00. The maximum Gasteiger partial charge on any atom is 0.124 e. The predicted molar refractivity (Wildman–Crippen MR) is 56.3 cm³/mol. The van der Waals surface area contributed by atoms with Gasteiger partial charge >= 0.3 is 0 Å². The highest BCUT2D eigenvalue weighted by molar-refractivity contribution is 7.07. The van der Waals surface area contributed by atoms with Crippen molar-refractivity contribution in [3.8, 4) is 0 Å². The fourth-order valence-corrected chi connectivity index (χ4v) is 2.00. The van der Waals surface area contributed by atoms with Gasteiger partial charge in [-0.2, -0.15) is 16.4 Å². The lowest BCUT2D eigenvalue weighted by atomic mass is 10.1. The largest absolute Gasteiger partial charge is 0.382 e. The molecule has 0 spiro atoms. The summed E-state index contributed by atoms with van der Waals surface area (Å²) in [5.74, 6) is 0. The zero-order chi connectivity index (χ0) is 10.1. The van der Waals surface area contributed by atoms with Crippen LogP contribution in [0.25, 0.3) is 0 Å². The quantitative estimate of drug-likeness (QED) is 0.818. The topological polar surface area (TPSA) is 38.1 Å². The molecule has 14 heavy (non-hydrogen) atoms. The van der Waals surface area contributed by atoms with Gasteiger partial charge in [-0.15, -0.1) is 0 Å². The molecule has 2 heterocycles. The number of aliphatic hydroxyl groups is 1. The summed E-state index contributed by atoms with van der Waals surface area (Å²) in [7, 11) is 1.87. The van der Waals surface area contributed by atoms with Crippen molar-refractivity contribution >= 4 is 11.3 Å². The second-order valence-corrected chi connectivity index (χ2v) is 4.07.